The van der Waals surface area contributed by atoms with Crippen molar-refractivity contribution < 1.29 is 0 Å². The van der Waals surface area contributed by atoms with Crippen LogP contribution in [-0.4, -0.2) is 14.5 Å². The molecule has 0 aliphatic carbocycles. The van der Waals surface area contributed by atoms with E-state index in [1.807, 2.05) is 32.2 Å². The average Bonchev–Trinajstić information content (AvgIpc) is 2.90. The van der Waals surface area contributed by atoms with Crippen LogP contribution in [0.5, 0.6) is 0 Å². The van der Waals surface area contributed by atoms with Crippen LogP contribution in [0.1, 0.15) is 10.7 Å². The van der Waals surface area contributed by atoms with Crippen molar-refractivity contribution in [2.24, 2.45) is 12.8 Å². The van der Waals surface area contributed by atoms with Crippen molar-refractivity contribution in [3.8, 4) is 10.7 Å². The minimum Gasteiger partial charge on any atom is -0.326 e. The summed E-state index contributed by atoms with van der Waals surface area (Å²) in [4.78, 5) is 10.2. The van der Waals surface area contributed by atoms with E-state index in [0.29, 0.717) is 11.6 Å². The smallest absolute Gasteiger partial charge is 0.152 e. The van der Waals surface area contributed by atoms with Crippen LogP contribution in [0.4, 0.5) is 0 Å². The summed E-state index contributed by atoms with van der Waals surface area (Å²) in [6.45, 7) is 2.44. The number of fused-ring (bicyclic) bond motifs is 1. The van der Waals surface area contributed by atoms with E-state index in [9.17, 15) is 0 Å². The number of hydrogen-bond acceptors (Lipinski definition) is 4. The molecule has 2 aromatic heterocycles. The molecule has 4 nitrogen and oxygen atoms in total. The van der Waals surface area contributed by atoms with Crippen molar-refractivity contribution in [2.75, 3.05) is 0 Å². The molecular weight excluding hydrogens is 280 g/mol. The van der Waals surface area contributed by atoms with Gasteiger partial charge in [0, 0.05) is 18.6 Å². The summed E-state index contributed by atoms with van der Waals surface area (Å²) < 4.78 is 2.06. The lowest BCUT2D eigenvalue weighted by molar-refractivity contribution is 0.958. The summed E-state index contributed by atoms with van der Waals surface area (Å²) in [5.74, 6) is 0.909. The van der Waals surface area contributed by atoms with E-state index >= 15 is 0 Å². The maximum absolute atomic E-state index is 6.01. The van der Waals surface area contributed by atoms with Gasteiger partial charge in [0.2, 0.25) is 0 Å². The monoisotopic (exact) mass is 292 g/mol. The number of thiazole rings is 1. The molecule has 3 aromatic rings. The lowest BCUT2D eigenvalue weighted by Crippen LogP contribution is -1.94. The number of imidazole rings is 1. The molecule has 0 radical (unpaired) electrons. The van der Waals surface area contributed by atoms with E-state index in [0.717, 1.165) is 32.4 Å². The predicted molar refractivity (Wildman–Crippen MR) is 79.5 cm³/mol. The van der Waals surface area contributed by atoms with Gasteiger partial charge in [-0.15, -0.1) is 11.3 Å². The molecule has 0 spiro atoms. The molecule has 19 heavy (non-hydrogen) atoms. The lowest BCUT2D eigenvalue weighted by Gasteiger charge is -2.00. The van der Waals surface area contributed by atoms with E-state index < -0.39 is 0 Å². The molecule has 98 valence electrons. The number of hydrogen-bond donors (Lipinski definition) is 1. The highest BCUT2D eigenvalue weighted by atomic mass is 35.5. The van der Waals surface area contributed by atoms with E-state index in [-0.39, 0.29) is 0 Å². The molecule has 0 unspecified atom stereocenters. The van der Waals surface area contributed by atoms with Crippen molar-refractivity contribution in [3.05, 3.63) is 33.9 Å². The Labute approximate surface area is 119 Å². The van der Waals surface area contributed by atoms with Gasteiger partial charge in [-0.05, 0) is 25.1 Å². The molecule has 2 heterocycles. The zero-order valence-corrected chi connectivity index (χ0v) is 12.2. The standard InChI is InChI=1S/C13H13ClN4S/c1-7-12(19-11(6-15)16-7)13-17-9-5-8(14)3-4-10(9)18(13)2/h3-5H,6,15H2,1-2H3. The second-order valence-electron chi connectivity index (χ2n) is 4.35. The highest BCUT2D eigenvalue weighted by Gasteiger charge is 2.16. The number of aromatic nitrogens is 3. The number of nitrogens with two attached hydrogens (primary N) is 1. The first kappa shape index (κ1) is 12.6. The maximum atomic E-state index is 6.01. The van der Waals surface area contributed by atoms with Crippen LogP contribution in [-0.2, 0) is 13.6 Å². The van der Waals surface area contributed by atoms with Crippen molar-refractivity contribution in [2.45, 2.75) is 13.5 Å². The van der Waals surface area contributed by atoms with Gasteiger partial charge in [-0.2, -0.15) is 0 Å². The Morgan fingerprint density at radius 3 is 2.84 bits per heavy atom. The van der Waals surface area contributed by atoms with Crippen LogP contribution in [0.15, 0.2) is 18.2 Å². The number of benzene rings is 1. The minimum atomic E-state index is 0.460. The topological polar surface area (TPSA) is 56.7 Å². The second-order valence-corrected chi connectivity index (χ2v) is 5.87. The van der Waals surface area contributed by atoms with Crippen LogP contribution in [0.25, 0.3) is 21.7 Å². The number of halogens is 1. The maximum Gasteiger partial charge on any atom is 0.152 e. The molecule has 0 bridgehead atoms. The Morgan fingerprint density at radius 1 is 1.37 bits per heavy atom. The normalized spacial score (nSPS) is 11.4. The quantitative estimate of drug-likeness (QED) is 0.789. The largest absolute Gasteiger partial charge is 0.326 e. The molecule has 0 aliphatic heterocycles. The van der Waals surface area contributed by atoms with Gasteiger partial charge in [0.15, 0.2) is 5.82 Å². The molecule has 0 fully saturated rings. The number of nitrogens with zero attached hydrogens (tertiary/aromatic N) is 3. The van der Waals surface area contributed by atoms with E-state index in [2.05, 4.69) is 14.5 Å². The molecular formula is C13H13ClN4S. The van der Waals surface area contributed by atoms with Gasteiger partial charge in [-0.3, -0.25) is 0 Å². The van der Waals surface area contributed by atoms with Crippen LogP contribution in [0, 0.1) is 6.92 Å². The summed E-state index contributed by atoms with van der Waals surface area (Å²) in [6.07, 6.45) is 0. The highest BCUT2D eigenvalue weighted by Crippen LogP contribution is 2.31. The van der Waals surface area contributed by atoms with E-state index in [1.54, 1.807) is 11.3 Å². The third kappa shape index (κ3) is 2.04. The molecule has 0 saturated carbocycles. The van der Waals surface area contributed by atoms with Gasteiger partial charge in [0.05, 0.1) is 21.6 Å². The molecule has 0 aliphatic rings. The molecule has 0 saturated heterocycles. The van der Waals surface area contributed by atoms with Crippen LogP contribution in [0.3, 0.4) is 0 Å². The summed E-state index contributed by atoms with van der Waals surface area (Å²) in [7, 11) is 2.00. The fraction of sp³-hybridized carbons (Fsp3) is 0.231. The van der Waals surface area contributed by atoms with Crippen molar-refractivity contribution >= 4 is 34.0 Å². The molecule has 0 amide bonds. The third-order valence-electron chi connectivity index (χ3n) is 3.06. The summed E-state index contributed by atoms with van der Waals surface area (Å²) in [5, 5.41) is 1.62. The fourth-order valence-electron chi connectivity index (χ4n) is 2.12. The van der Waals surface area contributed by atoms with Crippen molar-refractivity contribution in [1.29, 1.82) is 0 Å². The number of rotatable bonds is 2. The fourth-order valence-corrected chi connectivity index (χ4v) is 3.26. The zero-order chi connectivity index (χ0) is 13.6. The minimum absolute atomic E-state index is 0.460. The van der Waals surface area contributed by atoms with E-state index in [4.69, 9.17) is 17.3 Å². The van der Waals surface area contributed by atoms with Gasteiger partial charge in [0.1, 0.15) is 5.01 Å². The lowest BCUT2D eigenvalue weighted by atomic mass is 10.3. The second kappa shape index (κ2) is 4.59. The van der Waals surface area contributed by atoms with Crippen LogP contribution >= 0.6 is 22.9 Å². The van der Waals surface area contributed by atoms with Gasteiger partial charge >= 0.3 is 0 Å². The molecule has 2 N–H and O–H groups in total. The predicted octanol–water partition coefficient (Wildman–Crippen LogP) is 3.12. The van der Waals surface area contributed by atoms with Crippen LogP contribution < -0.4 is 5.73 Å². The average molecular weight is 293 g/mol. The third-order valence-corrected chi connectivity index (χ3v) is 4.47. The first-order valence-electron chi connectivity index (χ1n) is 5.89. The summed E-state index contributed by atoms with van der Waals surface area (Å²) in [5.41, 5.74) is 8.57. The van der Waals surface area contributed by atoms with Crippen molar-refractivity contribution in [3.63, 3.8) is 0 Å². The Kier molecular flexibility index (Phi) is 3.05. The molecule has 0 atom stereocenters. The van der Waals surface area contributed by atoms with Gasteiger partial charge in [-0.25, -0.2) is 9.97 Å². The first-order chi connectivity index (χ1) is 9.10. The molecule has 6 heteroatoms. The Bertz CT molecular complexity index is 759. The Morgan fingerprint density at radius 2 is 2.16 bits per heavy atom. The summed E-state index contributed by atoms with van der Waals surface area (Å²) >= 11 is 7.60. The summed E-state index contributed by atoms with van der Waals surface area (Å²) in [6, 6.07) is 5.73. The Hall–Kier alpha value is -1.43. The first-order valence-corrected chi connectivity index (χ1v) is 7.08. The number of aryl methyl sites for hydroxylation is 2. The van der Waals surface area contributed by atoms with Gasteiger partial charge in [0.25, 0.3) is 0 Å². The van der Waals surface area contributed by atoms with Crippen LogP contribution in [0.2, 0.25) is 5.02 Å². The van der Waals surface area contributed by atoms with Gasteiger partial charge in [-0.1, -0.05) is 11.6 Å². The Balaban J connectivity index is 2.24. The van der Waals surface area contributed by atoms with E-state index in [1.165, 1.54) is 0 Å². The zero-order valence-electron chi connectivity index (χ0n) is 10.6. The molecule has 3 rings (SSSR count). The SMILES string of the molecule is Cc1nc(CN)sc1-c1nc2cc(Cl)ccc2n1C. The highest BCUT2D eigenvalue weighted by molar-refractivity contribution is 7.15. The van der Waals surface area contributed by atoms with Crippen molar-refractivity contribution in [1.82, 2.24) is 14.5 Å². The molecule has 1 aromatic carbocycles. The van der Waals surface area contributed by atoms with Gasteiger partial charge < -0.3 is 10.3 Å².